The minimum Gasteiger partial charge on any atom is -0.371 e. The maximum absolute atomic E-state index is 11.9. The van der Waals surface area contributed by atoms with E-state index in [1.165, 1.54) is 5.39 Å². The summed E-state index contributed by atoms with van der Waals surface area (Å²) in [7, 11) is 0. The van der Waals surface area contributed by atoms with E-state index >= 15 is 0 Å². The number of hydrogen-bond donors (Lipinski definition) is 1. The van der Waals surface area contributed by atoms with Crippen LogP contribution in [0, 0.1) is 0 Å². The molecule has 0 amide bonds. The molecule has 0 aliphatic carbocycles. The molecule has 0 aliphatic heterocycles. The van der Waals surface area contributed by atoms with Gasteiger partial charge in [0.25, 0.3) is 0 Å². The summed E-state index contributed by atoms with van der Waals surface area (Å²) in [6.45, 7) is 1.20. The zero-order valence-corrected chi connectivity index (χ0v) is 11.8. The molecule has 0 saturated heterocycles. The van der Waals surface area contributed by atoms with Crippen molar-refractivity contribution < 1.29 is 17.9 Å². The molecule has 5 heteroatoms. The number of nitrogens with one attached hydrogen (secondary N) is 1. The van der Waals surface area contributed by atoms with E-state index in [0.717, 1.165) is 10.9 Å². The number of benzene rings is 2. The van der Waals surface area contributed by atoms with Crippen LogP contribution in [0.5, 0.6) is 0 Å². The Labute approximate surface area is 121 Å². The smallest absolute Gasteiger partial charge is 0.371 e. The van der Waals surface area contributed by atoms with Crippen molar-refractivity contribution in [1.29, 1.82) is 0 Å². The van der Waals surface area contributed by atoms with Crippen molar-refractivity contribution in [2.75, 3.05) is 19.8 Å². The summed E-state index contributed by atoms with van der Waals surface area (Å²) in [5.74, 6) is 0. The van der Waals surface area contributed by atoms with Gasteiger partial charge in [-0.3, -0.25) is 0 Å². The quantitative estimate of drug-likeness (QED) is 0.812. The molecule has 0 heterocycles. The Hall–Kier alpha value is -1.59. The molecule has 0 aromatic heterocycles. The largest absolute Gasteiger partial charge is 0.411 e. The van der Waals surface area contributed by atoms with Crippen LogP contribution in [0.15, 0.2) is 42.5 Å². The first-order chi connectivity index (χ1) is 9.96. The molecule has 0 saturated carbocycles. The second kappa shape index (κ2) is 6.91. The Morgan fingerprint density at radius 2 is 1.81 bits per heavy atom. The van der Waals surface area contributed by atoms with E-state index in [9.17, 15) is 13.2 Å². The number of hydrogen-bond acceptors (Lipinski definition) is 2. The van der Waals surface area contributed by atoms with E-state index < -0.39 is 12.8 Å². The molecule has 1 atom stereocenters. The van der Waals surface area contributed by atoms with Crippen molar-refractivity contribution in [2.24, 2.45) is 0 Å². The summed E-state index contributed by atoms with van der Waals surface area (Å²) in [4.78, 5) is 0. The van der Waals surface area contributed by atoms with Gasteiger partial charge in [0.2, 0.25) is 0 Å². The van der Waals surface area contributed by atoms with Crippen molar-refractivity contribution in [3.63, 3.8) is 0 Å². The minimum absolute atomic E-state index is 0.0391. The first-order valence-electron chi connectivity index (χ1n) is 6.82. The molecule has 0 radical (unpaired) electrons. The zero-order valence-electron chi connectivity index (χ0n) is 11.8. The van der Waals surface area contributed by atoms with Gasteiger partial charge in [-0.1, -0.05) is 36.4 Å². The van der Waals surface area contributed by atoms with Gasteiger partial charge in [-0.2, -0.15) is 13.2 Å². The highest BCUT2D eigenvalue weighted by molar-refractivity contribution is 5.83. The van der Waals surface area contributed by atoms with Crippen LogP contribution in [-0.4, -0.2) is 25.9 Å². The third-order valence-electron chi connectivity index (χ3n) is 3.24. The SMILES string of the molecule is CC(NCCOCC(F)(F)F)c1ccc2ccccc2c1. The van der Waals surface area contributed by atoms with E-state index in [-0.39, 0.29) is 12.6 Å². The van der Waals surface area contributed by atoms with Crippen molar-refractivity contribution >= 4 is 10.8 Å². The van der Waals surface area contributed by atoms with E-state index in [0.29, 0.717) is 6.54 Å². The monoisotopic (exact) mass is 297 g/mol. The Bertz CT molecular complexity index is 583. The van der Waals surface area contributed by atoms with Crippen LogP contribution in [0.3, 0.4) is 0 Å². The Kier molecular flexibility index (Phi) is 5.20. The second-order valence-corrected chi connectivity index (χ2v) is 4.95. The van der Waals surface area contributed by atoms with Gasteiger partial charge in [0.15, 0.2) is 0 Å². The lowest BCUT2D eigenvalue weighted by atomic mass is 10.0. The summed E-state index contributed by atoms with van der Waals surface area (Å²) in [5.41, 5.74) is 1.10. The van der Waals surface area contributed by atoms with Crippen molar-refractivity contribution in [3.8, 4) is 0 Å². The minimum atomic E-state index is -4.26. The molecule has 2 aromatic carbocycles. The molecule has 0 spiro atoms. The lowest BCUT2D eigenvalue weighted by Crippen LogP contribution is -2.25. The first-order valence-corrected chi connectivity index (χ1v) is 6.82. The predicted octanol–water partition coefficient (Wildman–Crippen LogP) is 4.07. The van der Waals surface area contributed by atoms with Crippen molar-refractivity contribution in [2.45, 2.75) is 19.1 Å². The molecule has 2 aromatic rings. The number of rotatable bonds is 6. The Balaban J connectivity index is 1.83. The van der Waals surface area contributed by atoms with Crippen LogP contribution in [-0.2, 0) is 4.74 Å². The van der Waals surface area contributed by atoms with Gasteiger partial charge in [-0.15, -0.1) is 0 Å². The summed E-state index contributed by atoms with van der Waals surface area (Å²) < 4.78 is 40.3. The standard InChI is InChI=1S/C16H18F3NO/c1-12(20-8-9-21-11-16(17,18)19)14-7-6-13-4-2-3-5-15(13)10-14/h2-7,10,12,20H,8-9,11H2,1H3. The molecule has 114 valence electrons. The third-order valence-corrected chi connectivity index (χ3v) is 3.24. The highest BCUT2D eigenvalue weighted by Crippen LogP contribution is 2.20. The molecule has 21 heavy (non-hydrogen) atoms. The van der Waals surface area contributed by atoms with Crippen LogP contribution in [0.25, 0.3) is 10.8 Å². The van der Waals surface area contributed by atoms with Gasteiger partial charge in [0.1, 0.15) is 6.61 Å². The summed E-state index contributed by atoms with van der Waals surface area (Å²) in [5, 5.41) is 5.48. The Morgan fingerprint density at radius 1 is 1.10 bits per heavy atom. The number of alkyl halides is 3. The first kappa shape index (κ1) is 15.8. The number of fused-ring (bicyclic) bond motifs is 1. The van der Waals surface area contributed by atoms with Gasteiger partial charge in [0, 0.05) is 12.6 Å². The summed E-state index contributed by atoms with van der Waals surface area (Å²) >= 11 is 0. The fourth-order valence-corrected chi connectivity index (χ4v) is 2.13. The van der Waals surface area contributed by atoms with Gasteiger partial charge in [0.05, 0.1) is 6.61 Å². The summed E-state index contributed by atoms with van der Waals surface area (Å²) in [6.07, 6.45) is -4.26. The predicted molar refractivity (Wildman–Crippen MR) is 77.2 cm³/mol. The molecule has 0 fully saturated rings. The fraction of sp³-hybridized carbons (Fsp3) is 0.375. The van der Waals surface area contributed by atoms with Crippen LogP contribution in [0.4, 0.5) is 13.2 Å². The maximum Gasteiger partial charge on any atom is 0.411 e. The molecule has 1 unspecified atom stereocenters. The third kappa shape index (κ3) is 5.02. The molecular formula is C16H18F3NO. The Morgan fingerprint density at radius 3 is 2.52 bits per heavy atom. The maximum atomic E-state index is 11.9. The van der Waals surface area contributed by atoms with E-state index in [1.807, 2.05) is 43.3 Å². The zero-order chi connectivity index (χ0) is 15.3. The van der Waals surface area contributed by atoms with Crippen LogP contribution in [0.1, 0.15) is 18.5 Å². The van der Waals surface area contributed by atoms with Crippen LogP contribution < -0.4 is 5.32 Å². The lowest BCUT2D eigenvalue weighted by Gasteiger charge is -2.15. The molecular weight excluding hydrogens is 279 g/mol. The molecule has 0 bridgehead atoms. The van der Waals surface area contributed by atoms with Crippen molar-refractivity contribution in [1.82, 2.24) is 5.32 Å². The van der Waals surface area contributed by atoms with E-state index in [2.05, 4.69) is 16.1 Å². The fourth-order valence-electron chi connectivity index (χ4n) is 2.13. The van der Waals surface area contributed by atoms with E-state index in [1.54, 1.807) is 0 Å². The van der Waals surface area contributed by atoms with Gasteiger partial charge < -0.3 is 10.1 Å². The van der Waals surface area contributed by atoms with Gasteiger partial charge in [-0.05, 0) is 29.3 Å². The van der Waals surface area contributed by atoms with E-state index in [4.69, 9.17) is 0 Å². The van der Waals surface area contributed by atoms with Gasteiger partial charge in [-0.25, -0.2) is 0 Å². The number of ether oxygens (including phenoxy) is 1. The molecule has 2 nitrogen and oxygen atoms in total. The molecule has 2 rings (SSSR count). The molecule has 1 N–H and O–H groups in total. The second-order valence-electron chi connectivity index (χ2n) is 4.95. The normalized spacial score (nSPS) is 13.5. The highest BCUT2D eigenvalue weighted by atomic mass is 19.4. The molecule has 0 aliphatic rings. The topological polar surface area (TPSA) is 21.3 Å². The van der Waals surface area contributed by atoms with Crippen LogP contribution >= 0.6 is 0 Å². The van der Waals surface area contributed by atoms with Gasteiger partial charge >= 0.3 is 6.18 Å². The van der Waals surface area contributed by atoms with Crippen molar-refractivity contribution in [3.05, 3.63) is 48.0 Å². The number of halogens is 3. The van der Waals surface area contributed by atoms with Crippen LogP contribution in [0.2, 0.25) is 0 Å². The average molecular weight is 297 g/mol. The lowest BCUT2D eigenvalue weighted by molar-refractivity contribution is -0.173. The summed E-state index contributed by atoms with van der Waals surface area (Å²) in [6, 6.07) is 14.3. The average Bonchev–Trinajstić information content (AvgIpc) is 2.45. The highest BCUT2D eigenvalue weighted by Gasteiger charge is 2.27.